The summed E-state index contributed by atoms with van der Waals surface area (Å²) in [7, 11) is 1.48. The van der Waals surface area contributed by atoms with Crippen LogP contribution in [0.1, 0.15) is 15.9 Å². The number of hydrogen-bond donors (Lipinski definition) is 2. The van der Waals surface area contributed by atoms with Crippen LogP contribution in [0.5, 0.6) is 11.5 Å². The third-order valence-corrected chi connectivity index (χ3v) is 5.06. The number of rotatable bonds is 8. The van der Waals surface area contributed by atoms with E-state index in [4.69, 9.17) is 21.1 Å². The van der Waals surface area contributed by atoms with Crippen molar-refractivity contribution < 1.29 is 19.1 Å². The van der Waals surface area contributed by atoms with Crippen LogP contribution in [0.3, 0.4) is 0 Å². The van der Waals surface area contributed by atoms with Crippen molar-refractivity contribution in [3.8, 4) is 11.5 Å². The average Bonchev–Trinajstić information content (AvgIpc) is 2.79. The Morgan fingerprint density at radius 3 is 2.66 bits per heavy atom. The van der Waals surface area contributed by atoms with E-state index in [-0.39, 0.29) is 23.2 Å². The number of pyridine rings is 1. The molecule has 0 bridgehead atoms. The van der Waals surface area contributed by atoms with E-state index in [9.17, 15) is 9.59 Å². The first-order valence-electron chi connectivity index (χ1n) is 9.27. The Labute approximate surface area is 197 Å². The zero-order chi connectivity index (χ0) is 22.9. The number of halogens is 2. The van der Waals surface area contributed by atoms with Gasteiger partial charge in [0.05, 0.1) is 18.9 Å². The molecule has 0 aliphatic rings. The Morgan fingerprint density at radius 2 is 1.94 bits per heavy atom. The summed E-state index contributed by atoms with van der Waals surface area (Å²) in [5.74, 6) is -0.0432. The number of methoxy groups -OCH3 is 1. The van der Waals surface area contributed by atoms with Gasteiger partial charge in [0, 0.05) is 21.9 Å². The summed E-state index contributed by atoms with van der Waals surface area (Å²) < 4.78 is 11.6. The Bertz CT molecular complexity index is 1140. The van der Waals surface area contributed by atoms with E-state index in [1.54, 1.807) is 36.4 Å². The maximum atomic E-state index is 12.2. The van der Waals surface area contributed by atoms with Gasteiger partial charge in [0.25, 0.3) is 11.8 Å². The highest BCUT2D eigenvalue weighted by Gasteiger charge is 2.13. The lowest BCUT2D eigenvalue weighted by atomic mass is 10.2. The molecule has 32 heavy (non-hydrogen) atoms. The molecule has 2 amide bonds. The summed E-state index contributed by atoms with van der Waals surface area (Å²) >= 11 is 9.33. The van der Waals surface area contributed by atoms with E-state index >= 15 is 0 Å². The zero-order valence-corrected chi connectivity index (χ0v) is 19.2. The SMILES string of the molecule is COc1cc(C=NNC(=O)c2cccnc2Cl)c(Br)cc1OCC(=O)Nc1ccccc1. The van der Waals surface area contributed by atoms with Gasteiger partial charge in [-0.15, -0.1) is 0 Å². The fourth-order valence-corrected chi connectivity index (χ4v) is 3.19. The number of carbonyl (C=O) groups excluding carboxylic acids is 2. The van der Waals surface area contributed by atoms with Gasteiger partial charge in [-0.1, -0.05) is 29.8 Å². The van der Waals surface area contributed by atoms with Gasteiger partial charge >= 0.3 is 0 Å². The minimum absolute atomic E-state index is 0.0841. The van der Waals surface area contributed by atoms with Gasteiger partial charge in [0.15, 0.2) is 18.1 Å². The monoisotopic (exact) mass is 516 g/mol. The molecule has 0 spiro atoms. The Morgan fingerprint density at radius 1 is 1.16 bits per heavy atom. The smallest absolute Gasteiger partial charge is 0.274 e. The van der Waals surface area contributed by atoms with Gasteiger partial charge in [0.1, 0.15) is 5.15 Å². The topological polar surface area (TPSA) is 102 Å². The number of nitrogens with zero attached hydrogens (tertiary/aromatic N) is 2. The van der Waals surface area contributed by atoms with Crippen LogP contribution in [0.2, 0.25) is 5.15 Å². The molecular weight excluding hydrogens is 500 g/mol. The van der Waals surface area contributed by atoms with E-state index in [2.05, 4.69) is 36.8 Å². The molecule has 0 saturated heterocycles. The maximum absolute atomic E-state index is 12.2. The van der Waals surface area contributed by atoms with E-state index in [1.807, 2.05) is 18.2 Å². The molecule has 0 atom stereocenters. The summed E-state index contributed by atoms with van der Waals surface area (Å²) in [5.41, 5.74) is 3.89. The minimum atomic E-state index is -0.494. The normalized spacial score (nSPS) is 10.6. The number of ether oxygens (including phenoxy) is 2. The van der Waals surface area contributed by atoms with Crippen molar-refractivity contribution in [3.05, 3.63) is 81.5 Å². The number of aromatic nitrogens is 1. The number of nitrogens with one attached hydrogen (secondary N) is 2. The van der Waals surface area contributed by atoms with Crippen molar-refractivity contribution in [2.24, 2.45) is 5.10 Å². The first kappa shape index (κ1) is 23.2. The second-order valence-corrected chi connectivity index (χ2v) is 7.48. The molecule has 2 N–H and O–H groups in total. The molecule has 0 saturated carbocycles. The largest absolute Gasteiger partial charge is 0.493 e. The molecule has 8 nitrogen and oxygen atoms in total. The van der Waals surface area contributed by atoms with Crippen molar-refractivity contribution in [2.75, 3.05) is 19.0 Å². The van der Waals surface area contributed by atoms with E-state index in [0.29, 0.717) is 27.2 Å². The van der Waals surface area contributed by atoms with Gasteiger partial charge < -0.3 is 14.8 Å². The summed E-state index contributed by atoms with van der Waals surface area (Å²) in [6.45, 7) is -0.201. The molecule has 1 aromatic heterocycles. The van der Waals surface area contributed by atoms with E-state index in [1.165, 1.54) is 19.5 Å². The quantitative estimate of drug-likeness (QED) is 0.264. The lowest BCUT2D eigenvalue weighted by Crippen LogP contribution is -2.20. The summed E-state index contributed by atoms with van der Waals surface area (Å²) in [6.07, 6.45) is 2.92. The molecular formula is C22H18BrClN4O4. The number of para-hydroxylation sites is 1. The fourth-order valence-electron chi connectivity index (χ4n) is 2.56. The van der Waals surface area contributed by atoms with Crippen LogP contribution in [0.4, 0.5) is 5.69 Å². The molecule has 3 rings (SSSR count). The number of carbonyl (C=O) groups is 2. The number of anilines is 1. The van der Waals surface area contributed by atoms with Crippen LogP contribution in [-0.4, -0.2) is 36.7 Å². The summed E-state index contributed by atoms with van der Waals surface area (Å²) in [4.78, 5) is 28.1. The van der Waals surface area contributed by atoms with E-state index in [0.717, 1.165) is 0 Å². The number of amides is 2. The van der Waals surface area contributed by atoms with E-state index < -0.39 is 5.91 Å². The fraction of sp³-hybridized carbons (Fsp3) is 0.0909. The van der Waals surface area contributed by atoms with Crippen LogP contribution in [0.15, 0.2) is 70.4 Å². The maximum Gasteiger partial charge on any atom is 0.274 e. The summed E-state index contributed by atoms with van der Waals surface area (Å²) in [6, 6.07) is 15.5. The lowest BCUT2D eigenvalue weighted by Gasteiger charge is -2.13. The van der Waals surface area contributed by atoms with Crippen molar-refractivity contribution >= 4 is 51.2 Å². The van der Waals surface area contributed by atoms with Crippen LogP contribution in [0.25, 0.3) is 0 Å². The first-order chi connectivity index (χ1) is 15.5. The zero-order valence-electron chi connectivity index (χ0n) is 16.8. The molecule has 0 aliphatic carbocycles. The van der Waals surface area contributed by atoms with Crippen LogP contribution in [0, 0.1) is 0 Å². The average molecular weight is 518 g/mol. The van der Waals surface area contributed by atoms with Crippen molar-refractivity contribution in [1.82, 2.24) is 10.4 Å². The van der Waals surface area contributed by atoms with Gasteiger partial charge in [-0.3, -0.25) is 9.59 Å². The minimum Gasteiger partial charge on any atom is -0.493 e. The molecule has 0 fully saturated rings. The number of hydrogen-bond acceptors (Lipinski definition) is 6. The van der Waals surface area contributed by atoms with Gasteiger partial charge in [-0.05, 0) is 52.3 Å². The molecule has 10 heteroatoms. The predicted molar refractivity (Wildman–Crippen MR) is 126 cm³/mol. The molecule has 0 radical (unpaired) electrons. The number of benzene rings is 2. The Kier molecular flexibility index (Phi) is 8.18. The standard InChI is InChI=1S/C22H18BrClN4O4/c1-31-18-10-14(12-26-28-22(30)16-8-5-9-25-21(16)24)17(23)11-19(18)32-13-20(29)27-15-6-3-2-4-7-15/h2-12H,13H2,1H3,(H,27,29)(H,28,30). The number of hydrazone groups is 1. The van der Waals surface area contributed by atoms with Crippen molar-refractivity contribution in [1.29, 1.82) is 0 Å². The van der Waals surface area contributed by atoms with Gasteiger partial charge in [-0.2, -0.15) is 5.10 Å². The van der Waals surface area contributed by atoms with Crippen molar-refractivity contribution in [3.63, 3.8) is 0 Å². The molecule has 3 aromatic rings. The summed E-state index contributed by atoms with van der Waals surface area (Å²) in [5, 5.41) is 6.77. The third-order valence-electron chi connectivity index (χ3n) is 4.07. The lowest BCUT2D eigenvalue weighted by molar-refractivity contribution is -0.118. The Balaban J connectivity index is 1.64. The predicted octanol–water partition coefficient (Wildman–Crippen LogP) is 4.29. The second-order valence-electron chi connectivity index (χ2n) is 6.27. The van der Waals surface area contributed by atoms with Crippen LogP contribution >= 0.6 is 27.5 Å². The first-order valence-corrected chi connectivity index (χ1v) is 10.4. The van der Waals surface area contributed by atoms with Gasteiger partial charge in [0.2, 0.25) is 0 Å². The Hall–Kier alpha value is -3.43. The highest BCUT2D eigenvalue weighted by Crippen LogP contribution is 2.33. The molecule has 164 valence electrons. The molecule has 1 heterocycles. The highest BCUT2D eigenvalue weighted by atomic mass is 79.9. The third kappa shape index (κ3) is 6.29. The molecule has 0 aliphatic heterocycles. The molecule has 0 unspecified atom stereocenters. The van der Waals surface area contributed by atoms with Gasteiger partial charge in [-0.25, -0.2) is 10.4 Å². The van der Waals surface area contributed by atoms with Crippen LogP contribution < -0.4 is 20.2 Å². The van der Waals surface area contributed by atoms with Crippen molar-refractivity contribution in [2.45, 2.75) is 0 Å². The molecule has 2 aromatic carbocycles. The van der Waals surface area contributed by atoms with Crippen LogP contribution in [-0.2, 0) is 4.79 Å². The second kappa shape index (κ2) is 11.3. The highest BCUT2D eigenvalue weighted by molar-refractivity contribution is 9.10.